The molecule has 0 aromatic carbocycles. The van der Waals surface area contributed by atoms with Crippen molar-refractivity contribution in [2.24, 2.45) is 7.05 Å². The molecule has 0 saturated heterocycles. The van der Waals surface area contributed by atoms with Crippen molar-refractivity contribution in [1.29, 1.82) is 0 Å². The summed E-state index contributed by atoms with van der Waals surface area (Å²) >= 11 is 0. The molecule has 1 aliphatic rings. The highest BCUT2D eigenvalue weighted by Crippen LogP contribution is 2.17. The van der Waals surface area contributed by atoms with Gasteiger partial charge in [0.15, 0.2) is 0 Å². The van der Waals surface area contributed by atoms with E-state index >= 15 is 0 Å². The van der Waals surface area contributed by atoms with Crippen LogP contribution >= 0.6 is 0 Å². The molecule has 2 rings (SSSR count). The average Bonchev–Trinajstić information content (AvgIpc) is 2.74. The average molecular weight is 234 g/mol. The maximum atomic E-state index is 11.8. The number of carbonyl (C=O) groups is 1. The van der Waals surface area contributed by atoms with Crippen LogP contribution < -0.4 is 5.32 Å². The first kappa shape index (κ1) is 12.2. The zero-order chi connectivity index (χ0) is 12.1. The highest BCUT2D eigenvalue weighted by atomic mass is 16.1. The molecular formula is C14H22N2O. The van der Waals surface area contributed by atoms with Crippen molar-refractivity contribution in [2.75, 3.05) is 0 Å². The van der Waals surface area contributed by atoms with Gasteiger partial charge in [-0.05, 0) is 31.4 Å². The van der Waals surface area contributed by atoms with E-state index in [0.29, 0.717) is 12.5 Å². The van der Waals surface area contributed by atoms with Crippen LogP contribution in [0.25, 0.3) is 0 Å². The molecular weight excluding hydrogens is 212 g/mol. The van der Waals surface area contributed by atoms with Gasteiger partial charge in [-0.25, -0.2) is 0 Å². The lowest BCUT2D eigenvalue weighted by atomic mass is 9.95. The van der Waals surface area contributed by atoms with Gasteiger partial charge < -0.3 is 9.88 Å². The lowest BCUT2D eigenvalue weighted by Gasteiger charge is -2.22. The number of aryl methyl sites for hydroxylation is 2. The fraction of sp³-hybridized carbons (Fsp3) is 0.643. The minimum atomic E-state index is 0.207. The summed E-state index contributed by atoms with van der Waals surface area (Å²) in [5.41, 5.74) is 1.23. The van der Waals surface area contributed by atoms with Gasteiger partial charge in [0.2, 0.25) is 5.91 Å². The zero-order valence-corrected chi connectivity index (χ0v) is 10.6. The van der Waals surface area contributed by atoms with Gasteiger partial charge in [-0.3, -0.25) is 4.79 Å². The SMILES string of the molecule is Cn1cccc1CCC(=O)NC1CCCCC1. The van der Waals surface area contributed by atoms with E-state index in [1.807, 2.05) is 19.3 Å². The molecule has 17 heavy (non-hydrogen) atoms. The Balaban J connectivity index is 1.72. The Hall–Kier alpha value is -1.25. The molecule has 1 aromatic heterocycles. The van der Waals surface area contributed by atoms with Gasteiger partial charge in [0.05, 0.1) is 0 Å². The summed E-state index contributed by atoms with van der Waals surface area (Å²) in [6, 6.07) is 4.53. The second-order valence-corrected chi connectivity index (χ2v) is 5.01. The largest absolute Gasteiger partial charge is 0.354 e. The normalized spacial score (nSPS) is 17.0. The maximum Gasteiger partial charge on any atom is 0.220 e. The van der Waals surface area contributed by atoms with E-state index in [0.717, 1.165) is 19.3 Å². The minimum absolute atomic E-state index is 0.207. The fourth-order valence-electron chi connectivity index (χ4n) is 2.54. The van der Waals surface area contributed by atoms with E-state index in [-0.39, 0.29) is 5.91 Å². The van der Waals surface area contributed by atoms with Crippen molar-refractivity contribution in [1.82, 2.24) is 9.88 Å². The molecule has 1 aromatic rings. The van der Waals surface area contributed by atoms with E-state index in [9.17, 15) is 4.79 Å². The van der Waals surface area contributed by atoms with Crippen LogP contribution in [0.2, 0.25) is 0 Å². The van der Waals surface area contributed by atoms with Gasteiger partial charge in [0, 0.05) is 31.4 Å². The number of aromatic nitrogens is 1. The molecule has 0 spiro atoms. The molecule has 1 fully saturated rings. The maximum absolute atomic E-state index is 11.8. The first-order valence-electron chi connectivity index (χ1n) is 6.65. The van der Waals surface area contributed by atoms with Crippen molar-refractivity contribution in [2.45, 2.75) is 51.0 Å². The van der Waals surface area contributed by atoms with Crippen molar-refractivity contribution < 1.29 is 4.79 Å². The van der Waals surface area contributed by atoms with E-state index in [4.69, 9.17) is 0 Å². The van der Waals surface area contributed by atoms with Crippen LogP contribution in [0.3, 0.4) is 0 Å². The van der Waals surface area contributed by atoms with Gasteiger partial charge in [-0.15, -0.1) is 0 Å². The molecule has 0 atom stereocenters. The van der Waals surface area contributed by atoms with Gasteiger partial charge in [-0.1, -0.05) is 19.3 Å². The zero-order valence-electron chi connectivity index (χ0n) is 10.6. The molecule has 0 unspecified atom stereocenters. The summed E-state index contributed by atoms with van der Waals surface area (Å²) in [7, 11) is 2.02. The topological polar surface area (TPSA) is 34.0 Å². The van der Waals surface area contributed by atoms with Crippen molar-refractivity contribution in [3.8, 4) is 0 Å². The number of carbonyl (C=O) groups excluding carboxylic acids is 1. The molecule has 0 radical (unpaired) electrons. The van der Waals surface area contributed by atoms with Gasteiger partial charge >= 0.3 is 0 Å². The number of amides is 1. The Kier molecular flexibility index (Phi) is 4.24. The predicted molar refractivity (Wildman–Crippen MR) is 68.7 cm³/mol. The summed E-state index contributed by atoms with van der Waals surface area (Å²) in [6.45, 7) is 0. The van der Waals surface area contributed by atoms with Crippen LogP contribution in [0.15, 0.2) is 18.3 Å². The number of nitrogens with zero attached hydrogens (tertiary/aromatic N) is 1. The highest BCUT2D eigenvalue weighted by molar-refractivity contribution is 5.76. The van der Waals surface area contributed by atoms with Crippen LogP contribution in [-0.2, 0) is 18.3 Å². The smallest absolute Gasteiger partial charge is 0.220 e. The molecule has 3 heteroatoms. The number of hydrogen-bond donors (Lipinski definition) is 1. The number of rotatable bonds is 4. The van der Waals surface area contributed by atoms with E-state index in [2.05, 4.69) is 16.0 Å². The Morgan fingerprint density at radius 3 is 2.82 bits per heavy atom. The quantitative estimate of drug-likeness (QED) is 0.853. The molecule has 1 saturated carbocycles. The standard InChI is InChI=1S/C14H22N2O/c1-16-11-5-8-13(16)9-10-14(17)15-12-6-3-2-4-7-12/h5,8,11-12H,2-4,6-7,9-10H2,1H3,(H,15,17). The molecule has 0 aliphatic heterocycles. The van der Waals surface area contributed by atoms with Crippen LogP contribution in [0.4, 0.5) is 0 Å². The second kappa shape index (κ2) is 5.89. The second-order valence-electron chi connectivity index (χ2n) is 5.01. The van der Waals surface area contributed by atoms with Gasteiger partial charge in [0.1, 0.15) is 0 Å². The van der Waals surface area contributed by atoms with Crippen LogP contribution in [0.5, 0.6) is 0 Å². The van der Waals surface area contributed by atoms with Crippen LogP contribution in [0.1, 0.15) is 44.2 Å². The van der Waals surface area contributed by atoms with Crippen molar-refractivity contribution in [3.63, 3.8) is 0 Å². The summed E-state index contributed by atoms with van der Waals surface area (Å²) in [5, 5.41) is 3.15. The predicted octanol–water partition coefficient (Wildman–Crippen LogP) is 2.41. The third kappa shape index (κ3) is 3.62. The van der Waals surface area contributed by atoms with Crippen molar-refractivity contribution in [3.05, 3.63) is 24.0 Å². The molecule has 1 amide bonds. The minimum Gasteiger partial charge on any atom is -0.354 e. The Labute approximate surface area is 103 Å². The van der Waals surface area contributed by atoms with Crippen LogP contribution in [-0.4, -0.2) is 16.5 Å². The molecule has 94 valence electrons. The first-order chi connectivity index (χ1) is 8.25. The summed E-state index contributed by atoms with van der Waals surface area (Å²) in [6.07, 6.45) is 9.65. The molecule has 3 nitrogen and oxygen atoms in total. The fourth-order valence-corrected chi connectivity index (χ4v) is 2.54. The van der Waals surface area contributed by atoms with Gasteiger partial charge in [-0.2, -0.15) is 0 Å². The van der Waals surface area contributed by atoms with E-state index < -0.39 is 0 Å². The summed E-state index contributed by atoms with van der Waals surface area (Å²) < 4.78 is 2.08. The first-order valence-corrected chi connectivity index (χ1v) is 6.65. The lowest BCUT2D eigenvalue weighted by Crippen LogP contribution is -2.36. The Morgan fingerprint density at radius 2 is 2.18 bits per heavy atom. The van der Waals surface area contributed by atoms with Crippen LogP contribution in [0, 0.1) is 0 Å². The van der Waals surface area contributed by atoms with Gasteiger partial charge in [0.25, 0.3) is 0 Å². The van der Waals surface area contributed by atoms with E-state index in [1.165, 1.54) is 25.0 Å². The monoisotopic (exact) mass is 234 g/mol. The highest BCUT2D eigenvalue weighted by Gasteiger charge is 2.15. The Bertz CT molecular complexity index is 364. The molecule has 0 bridgehead atoms. The Morgan fingerprint density at radius 1 is 1.41 bits per heavy atom. The van der Waals surface area contributed by atoms with E-state index in [1.54, 1.807) is 0 Å². The molecule has 1 N–H and O–H groups in total. The summed E-state index contributed by atoms with van der Waals surface area (Å²) in [5.74, 6) is 0.207. The van der Waals surface area contributed by atoms with Crippen molar-refractivity contribution >= 4 is 5.91 Å². The third-order valence-corrected chi connectivity index (χ3v) is 3.63. The molecule has 1 heterocycles. The lowest BCUT2D eigenvalue weighted by molar-refractivity contribution is -0.122. The molecule has 1 aliphatic carbocycles. The number of hydrogen-bond acceptors (Lipinski definition) is 1. The number of nitrogens with one attached hydrogen (secondary N) is 1. The third-order valence-electron chi connectivity index (χ3n) is 3.63. The summed E-state index contributed by atoms with van der Waals surface area (Å²) in [4.78, 5) is 11.8.